The highest BCUT2D eigenvalue weighted by atomic mass is 16.2. The van der Waals surface area contributed by atoms with Gasteiger partial charge in [0.2, 0.25) is 5.91 Å². The van der Waals surface area contributed by atoms with Gasteiger partial charge in [-0.1, -0.05) is 0 Å². The van der Waals surface area contributed by atoms with Gasteiger partial charge in [-0.05, 0) is 19.8 Å². The van der Waals surface area contributed by atoms with Crippen molar-refractivity contribution in [2.24, 2.45) is 5.73 Å². The molecule has 2 fully saturated rings. The van der Waals surface area contributed by atoms with Gasteiger partial charge in [-0.3, -0.25) is 4.79 Å². The van der Waals surface area contributed by atoms with Crippen LogP contribution in [0.4, 0.5) is 4.79 Å². The average molecular weight is 240 g/mol. The molecule has 0 spiro atoms. The van der Waals surface area contributed by atoms with Crippen molar-refractivity contribution in [3.8, 4) is 0 Å². The number of hydrogen-bond acceptors (Lipinski definition) is 3. The van der Waals surface area contributed by atoms with Crippen molar-refractivity contribution in [3.05, 3.63) is 0 Å². The molecule has 0 aromatic rings. The first-order valence-electron chi connectivity index (χ1n) is 6.18. The Hall–Kier alpha value is -1.30. The predicted octanol–water partition coefficient (Wildman–Crippen LogP) is -0.650. The Morgan fingerprint density at radius 1 is 1.41 bits per heavy atom. The van der Waals surface area contributed by atoms with Crippen LogP contribution in [-0.2, 0) is 4.79 Å². The number of hydrogen-bond donors (Lipinski definition) is 2. The second-order valence-electron chi connectivity index (χ2n) is 4.77. The molecule has 2 aliphatic heterocycles. The minimum Gasteiger partial charge on any atom is -0.341 e. The lowest BCUT2D eigenvalue weighted by Gasteiger charge is -2.36. The third kappa shape index (κ3) is 2.52. The van der Waals surface area contributed by atoms with E-state index < -0.39 is 6.04 Å². The van der Waals surface area contributed by atoms with Crippen LogP contribution in [-0.4, -0.2) is 60.0 Å². The summed E-state index contributed by atoms with van der Waals surface area (Å²) in [7, 11) is 0. The highest BCUT2D eigenvalue weighted by Gasteiger charge is 2.32. The molecule has 2 saturated heterocycles. The number of piperidine rings is 1. The van der Waals surface area contributed by atoms with Crippen LogP contribution in [0.25, 0.3) is 0 Å². The summed E-state index contributed by atoms with van der Waals surface area (Å²) in [6.45, 7) is 4.63. The first-order valence-corrected chi connectivity index (χ1v) is 6.18. The minimum atomic E-state index is -0.429. The fourth-order valence-electron chi connectivity index (χ4n) is 2.52. The zero-order valence-corrected chi connectivity index (χ0v) is 10.2. The molecule has 2 aliphatic rings. The van der Waals surface area contributed by atoms with Crippen molar-refractivity contribution < 1.29 is 9.59 Å². The van der Waals surface area contributed by atoms with Crippen LogP contribution in [0.1, 0.15) is 19.8 Å². The van der Waals surface area contributed by atoms with Gasteiger partial charge in [0.1, 0.15) is 0 Å². The van der Waals surface area contributed by atoms with Crippen molar-refractivity contribution in [2.45, 2.75) is 31.8 Å². The summed E-state index contributed by atoms with van der Waals surface area (Å²) in [4.78, 5) is 26.9. The van der Waals surface area contributed by atoms with E-state index in [0.29, 0.717) is 13.1 Å². The summed E-state index contributed by atoms with van der Waals surface area (Å²) in [6, 6.07) is -0.127. The largest absolute Gasteiger partial charge is 0.341 e. The number of nitrogens with two attached hydrogens (primary N) is 1. The van der Waals surface area contributed by atoms with Crippen molar-refractivity contribution in [3.63, 3.8) is 0 Å². The monoisotopic (exact) mass is 240 g/mol. The molecular formula is C11H20N4O2. The summed E-state index contributed by atoms with van der Waals surface area (Å²) in [5.74, 6) is 0.00863. The normalized spacial score (nSPS) is 23.8. The SMILES string of the molecule is C[C@@H](N)C(=O)N1CCC(N2CCNC2=O)CC1. The maximum absolute atomic E-state index is 11.7. The lowest BCUT2D eigenvalue weighted by molar-refractivity contribution is -0.133. The Morgan fingerprint density at radius 3 is 2.53 bits per heavy atom. The van der Waals surface area contributed by atoms with E-state index in [9.17, 15) is 9.59 Å². The van der Waals surface area contributed by atoms with E-state index in [-0.39, 0.29) is 18.0 Å². The molecule has 96 valence electrons. The first-order chi connectivity index (χ1) is 8.09. The molecule has 2 rings (SSSR count). The van der Waals surface area contributed by atoms with Gasteiger partial charge in [-0.2, -0.15) is 0 Å². The molecule has 0 aliphatic carbocycles. The van der Waals surface area contributed by atoms with Crippen LogP contribution in [0, 0.1) is 0 Å². The number of carbonyl (C=O) groups is 2. The Bertz CT molecular complexity index is 311. The summed E-state index contributed by atoms with van der Waals surface area (Å²) in [5.41, 5.74) is 5.58. The molecule has 6 nitrogen and oxygen atoms in total. The molecule has 3 amide bonds. The second kappa shape index (κ2) is 4.91. The number of rotatable bonds is 2. The number of urea groups is 1. The quantitative estimate of drug-likeness (QED) is 0.673. The van der Waals surface area contributed by atoms with Gasteiger partial charge in [-0.15, -0.1) is 0 Å². The number of nitrogens with one attached hydrogen (secondary N) is 1. The molecule has 0 radical (unpaired) electrons. The van der Waals surface area contributed by atoms with E-state index in [4.69, 9.17) is 5.73 Å². The maximum atomic E-state index is 11.7. The lowest BCUT2D eigenvalue weighted by atomic mass is 10.0. The highest BCUT2D eigenvalue weighted by molar-refractivity contribution is 5.81. The van der Waals surface area contributed by atoms with Crippen molar-refractivity contribution in [1.29, 1.82) is 0 Å². The number of carbonyl (C=O) groups excluding carboxylic acids is 2. The molecule has 6 heteroatoms. The third-order valence-corrected chi connectivity index (χ3v) is 3.50. The van der Waals surface area contributed by atoms with Crippen LogP contribution in [0.5, 0.6) is 0 Å². The Labute approximate surface area is 101 Å². The molecule has 2 heterocycles. The molecular weight excluding hydrogens is 220 g/mol. The molecule has 3 N–H and O–H groups in total. The van der Waals surface area contributed by atoms with Gasteiger partial charge in [0.25, 0.3) is 0 Å². The van der Waals surface area contributed by atoms with Crippen molar-refractivity contribution >= 4 is 11.9 Å². The van der Waals surface area contributed by atoms with Gasteiger partial charge in [0.05, 0.1) is 6.04 Å². The maximum Gasteiger partial charge on any atom is 0.317 e. The van der Waals surface area contributed by atoms with Gasteiger partial charge >= 0.3 is 6.03 Å². The summed E-state index contributed by atoms with van der Waals surface area (Å²) < 4.78 is 0. The number of likely N-dealkylation sites (tertiary alicyclic amines) is 1. The average Bonchev–Trinajstić information content (AvgIpc) is 2.74. The van der Waals surface area contributed by atoms with Gasteiger partial charge in [-0.25, -0.2) is 4.79 Å². The number of amides is 3. The first kappa shape index (κ1) is 12.2. The van der Waals surface area contributed by atoms with Gasteiger partial charge in [0, 0.05) is 32.2 Å². The molecule has 1 atom stereocenters. The Kier molecular flexibility index (Phi) is 3.51. The fourth-order valence-corrected chi connectivity index (χ4v) is 2.52. The van der Waals surface area contributed by atoms with Gasteiger partial charge < -0.3 is 20.9 Å². The molecule has 0 saturated carbocycles. The Balaban J connectivity index is 1.85. The third-order valence-electron chi connectivity index (χ3n) is 3.50. The van der Waals surface area contributed by atoms with E-state index >= 15 is 0 Å². The topological polar surface area (TPSA) is 78.7 Å². The minimum absolute atomic E-state index is 0.00863. The molecule has 0 bridgehead atoms. The highest BCUT2D eigenvalue weighted by Crippen LogP contribution is 2.18. The van der Waals surface area contributed by atoms with Gasteiger partial charge in [0.15, 0.2) is 0 Å². The van der Waals surface area contributed by atoms with Crippen molar-refractivity contribution in [1.82, 2.24) is 15.1 Å². The van der Waals surface area contributed by atoms with E-state index in [1.165, 1.54) is 0 Å². The molecule has 0 aromatic carbocycles. The summed E-state index contributed by atoms with van der Waals surface area (Å²) >= 11 is 0. The van der Waals surface area contributed by atoms with Crippen LogP contribution in [0.15, 0.2) is 0 Å². The summed E-state index contributed by atoms with van der Waals surface area (Å²) in [5, 5.41) is 2.81. The molecule has 0 aromatic heterocycles. The van der Waals surface area contributed by atoms with Crippen LogP contribution in [0.3, 0.4) is 0 Å². The predicted molar refractivity (Wildman–Crippen MR) is 63.4 cm³/mol. The van der Waals surface area contributed by atoms with Crippen LogP contribution < -0.4 is 11.1 Å². The van der Waals surface area contributed by atoms with Crippen LogP contribution >= 0.6 is 0 Å². The van der Waals surface area contributed by atoms with Crippen molar-refractivity contribution in [2.75, 3.05) is 26.2 Å². The second-order valence-corrected chi connectivity index (χ2v) is 4.77. The standard InChI is InChI=1S/C11H20N4O2/c1-8(12)10(16)14-5-2-9(3-6-14)15-7-4-13-11(15)17/h8-9H,2-7,12H2,1H3,(H,13,17)/t8-/m1/s1. The zero-order chi connectivity index (χ0) is 12.4. The summed E-state index contributed by atoms with van der Waals surface area (Å²) in [6.07, 6.45) is 1.71. The van der Waals surface area contributed by atoms with E-state index in [1.807, 2.05) is 4.90 Å². The van der Waals surface area contributed by atoms with Crippen LogP contribution in [0.2, 0.25) is 0 Å². The van der Waals surface area contributed by atoms with E-state index in [2.05, 4.69) is 5.32 Å². The van der Waals surface area contributed by atoms with E-state index in [1.54, 1.807) is 11.8 Å². The lowest BCUT2D eigenvalue weighted by Crippen LogP contribution is -2.50. The molecule has 17 heavy (non-hydrogen) atoms. The fraction of sp³-hybridized carbons (Fsp3) is 0.818. The zero-order valence-electron chi connectivity index (χ0n) is 10.2. The Morgan fingerprint density at radius 2 is 2.06 bits per heavy atom. The molecule has 0 unspecified atom stereocenters. The number of nitrogens with zero attached hydrogens (tertiary/aromatic N) is 2. The smallest absolute Gasteiger partial charge is 0.317 e. The van der Waals surface area contributed by atoms with E-state index in [0.717, 1.165) is 25.9 Å².